The van der Waals surface area contributed by atoms with Gasteiger partial charge in [0, 0.05) is 11.4 Å². The maximum atomic E-state index is 3.61. The third-order valence-electron chi connectivity index (χ3n) is 5.32. The fraction of sp³-hybridized carbons (Fsp3) is 0.333. The highest BCUT2D eigenvalue weighted by Crippen LogP contribution is 2.32. The second kappa shape index (κ2) is 7.94. The highest BCUT2D eigenvalue weighted by atomic mass is 15.0. The first-order chi connectivity index (χ1) is 13.5. The average molecular weight is 387 g/mol. The lowest BCUT2D eigenvalue weighted by Crippen LogP contribution is -2.11. The molecule has 0 unspecified atom stereocenters. The molecule has 0 aliphatic rings. The van der Waals surface area contributed by atoms with Crippen LogP contribution in [0.15, 0.2) is 66.7 Å². The standard InChI is InChI=1S/C27H34N2/c1-19-18-21(27(5,6)7)14-17-23(19)29-25-11-9-8-10-24(25)28-22-15-12-20(13-16-22)26(2,3)4/h8-18,28-29H,1-7H3. The van der Waals surface area contributed by atoms with Gasteiger partial charge in [-0.25, -0.2) is 0 Å². The van der Waals surface area contributed by atoms with Gasteiger partial charge in [0.2, 0.25) is 0 Å². The Kier molecular flexibility index (Phi) is 5.75. The van der Waals surface area contributed by atoms with Crippen LogP contribution in [0, 0.1) is 6.92 Å². The number of hydrogen-bond acceptors (Lipinski definition) is 2. The number of para-hydroxylation sites is 2. The Bertz CT molecular complexity index is 971. The lowest BCUT2D eigenvalue weighted by atomic mass is 9.86. The van der Waals surface area contributed by atoms with Gasteiger partial charge in [-0.05, 0) is 64.8 Å². The molecule has 3 rings (SSSR count). The fourth-order valence-electron chi connectivity index (χ4n) is 3.33. The SMILES string of the molecule is Cc1cc(C(C)(C)C)ccc1Nc1ccccc1Nc1ccc(C(C)(C)C)cc1. The van der Waals surface area contributed by atoms with E-state index in [0.29, 0.717) is 0 Å². The summed E-state index contributed by atoms with van der Waals surface area (Å²) in [6.45, 7) is 15.6. The summed E-state index contributed by atoms with van der Waals surface area (Å²) in [7, 11) is 0. The van der Waals surface area contributed by atoms with E-state index >= 15 is 0 Å². The first kappa shape index (κ1) is 21.0. The van der Waals surface area contributed by atoms with Crippen molar-refractivity contribution in [1.82, 2.24) is 0 Å². The third-order valence-corrected chi connectivity index (χ3v) is 5.32. The monoisotopic (exact) mass is 386 g/mol. The highest BCUT2D eigenvalue weighted by molar-refractivity contribution is 5.79. The van der Waals surface area contributed by atoms with Crippen LogP contribution in [0.3, 0.4) is 0 Å². The molecule has 0 fully saturated rings. The van der Waals surface area contributed by atoms with Crippen molar-refractivity contribution < 1.29 is 0 Å². The topological polar surface area (TPSA) is 24.1 Å². The molecule has 0 aromatic heterocycles. The van der Waals surface area contributed by atoms with Crippen molar-refractivity contribution in [2.45, 2.75) is 59.3 Å². The maximum absolute atomic E-state index is 3.61. The fourth-order valence-corrected chi connectivity index (χ4v) is 3.33. The van der Waals surface area contributed by atoms with Gasteiger partial charge in [-0.3, -0.25) is 0 Å². The first-order valence-corrected chi connectivity index (χ1v) is 10.4. The van der Waals surface area contributed by atoms with E-state index in [-0.39, 0.29) is 10.8 Å². The van der Waals surface area contributed by atoms with E-state index in [1.165, 1.54) is 16.7 Å². The zero-order valence-corrected chi connectivity index (χ0v) is 18.9. The Morgan fingerprint density at radius 1 is 0.552 bits per heavy atom. The van der Waals surface area contributed by atoms with Crippen LogP contribution in [0.1, 0.15) is 58.2 Å². The summed E-state index contributed by atoms with van der Waals surface area (Å²) in [5.41, 5.74) is 8.62. The predicted octanol–water partition coefficient (Wildman–Crippen LogP) is 8.08. The van der Waals surface area contributed by atoms with E-state index in [1.54, 1.807) is 0 Å². The minimum absolute atomic E-state index is 0.155. The Morgan fingerprint density at radius 2 is 1.07 bits per heavy atom. The van der Waals surface area contributed by atoms with Crippen LogP contribution in [0.2, 0.25) is 0 Å². The Hall–Kier alpha value is -2.74. The van der Waals surface area contributed by atoms with Crippen LogP contribution in [0.25, 0.3) is 0 Å². The van der Waals surface area contributed by atoms with Crippen molar-refractivity contribution in [2.24, 2.45) is 0 Å². The predicted molar refractivity (Wildman–Crippen MR) is 128 cm³/mol. The van der Waals surface area contributed by atoms with Crippen LogP contribution in [-0.4, -0.2) is 0 Å². The maximum Gasteiger partial charge on any atom is 0.0623 e. The second-order valence-electron chi connectivity index (χ2n) is 9.90. The number of hydrogen-bond donors (Lipinski definition) is 2. The molecule has 2 nitrogen and oxygen atoms in total. The van der Waals surface area contributed by atoms with Gasteiger partial charge in [0.25, 0.3) is 0 Å². The van der Waals surface area contributed by atoms with Crippen molar-refractivity contribution >= 4 is 22.7 Å². The van der Waals surface area contributed by atoms with Gasteiger partial charge in [0.05, 0.1) is 11.4 Å². The summed E-state index contributed by atoms with van der Waals surface area (Å²) in [6.07, 6.45) is 0. The number of benzene rings is 3. The molecule has 3 aromatic rings. The molecule has 0 radical (unpaired) electrons. The lowest BCUT2D eigenvalue weighted by molar-refractivity contribution is 0.590. The van der Waals surface area contributed by atoms with Crippen molar-refractivity contribution in [3.63, 3.8) is 0 Å². The van der Waals surface area contributed by atoms with Crippen LogP contribution in [0.4, 0.5) is 22.7 Å². The average Bonchev–Trinajstić information content (AvgIpc) is 2.64. The molecule has 152 valence electrons. The summed E-state index contributed by atoms with van der Waals surface area (Å²) >= 11 is 0. The molecule has 0 bridgehead atoms. The van der Waals surface area contributed by atoms with Gasteiger partial charge in [-0.15, -0.1) is 0 Å². The van der Waals surface area contributed by atoms with Gasteiger partial charge in [-0.1, -0.05) is 77.9 Å². The van der Waals surface area contributed by atoms with E-state index in [0.717, 1.165) is 22.7 Å². The molecule has 2 N–H and O–H groups in total. The molecule has 0 saturated heterocycles. The molecule has 2 heteroatoms. The molecule has 3 aromatic carbocycles. The van der Waals surface area contributed by atoms with E-state index in [4.69, 9.17) is 0 Å². The van der Waals surface area contributed by atoms with Crippen LogP contribution >= 0.6 is 0 Å². The molecule has 0 heterocycles. The van der Waals surface area contributed by atoms with Gasteiger partial charge >= 0.3 is 0 Å². The molecule has 0 saturated carbocycles. The van der Waals surface area contributed by atoms with E-state index in [9.17, 15) is 0 Å². The van der Waals surface area contributed by atoms with Crippen molar-refractivity contribution in [3.8, 4) is 0 Å². The minimum Gasteiger partial charge on any atom is -0.354 e. The van der Waals surface area contributed by atoms with Crippen molar-refractivity contribution in [1.29, 1.82) is 0 Å². The van der Waals surface area contributed by atoms with E-state index in [2.05, 4.69) is 126 Å². The van der Waals surface area contributed by atoms with Gasteiger partial charge < -0.3 is 10.6 Å². The smallest absolute Gasteiger partial charge is 0.0623 e. The van der Waals surface area contributed by atoms with Gasteiger partial charge in [0.1, 0.15) is 0 Å². The third kappa shape index (κ3) is 5.20. The number of aryl methyl sites for hydroxylation is 1. The minimum atomic E-state index is 0.155. The molecule has 29 heavy (non-hydrogen) atoms. The Balaban J connectivity index is 1.83. The second-order valence-corrected chi connectivity index (χ2v) is 9.90. The molecule has 0 aliphatic carbocycles. The summed E-state index contributed by atoms with van der Waals surface area (Å²) in [4.78, 5) is 0. The first-order valence-electron chi connectivity index (χ1n) is 10.4. The summed E-state index contributed by atoms with van der Waals surface area (Å²) < 4.78 is 0. The Morgan fingerprint density at radius 3 is 1.59 bits per heavy atom. The molecular formula is C27H34N2. The van der Waals surface area contributed by atoms with Crippen LogP contribution in [-0.2, 0) is 10.8 Å². The van der Waals surface area contributed by atoms with E-state index < -0.39 is 0 Å². The number of anilines is 4. The van der Waals surface area contributed by atoms with Crippen LogP contribution in [0.5, 0.6) is 0 Å². The molecular weight excluding hydrogens is 352 g/mol. The summed E-state index contributed by atoms with van der Waals surface area (Å²) in [5.74, 6) is 0. The zero-order valence-electron chi connectivity index (χ0n) is 18.9. The molecule has 0 amide bonds. The lowest BCUT2D eigenvalue weighted by Gasteiger charge is -2.22. The highest BCUT2D eigenvalue weighted by Gasteiger charge is 2.15. The Labute approximate surface area is 176 Å². The van der Waals surface area contributed by atoms with Crippen LogP contribution < -0.4 is 10.6 Å². The molecule has 0 aliphatic heterocycles. The van der Waals surface area contributed by atoms with Crippen molar-refractivity contribution in [3.05, 3.63) is 83.4 Å². The normalized spacial score (nSPS) is 12.0. The largest absolute Gasteiger partial charge is 0.354 e. The summed E-state index contributed by atoms with van der Waals surface area (Å²) in [5, 5.41) is 7.18. The number of rotatable bonds is 4. The van der Waals surface area contributed by atoms with E-state index in [1.807, 2.05) is 0 Å². The molecule has 0 atom stereocenters. The van der Waals surface area contributed by atoms with Crippen molar-refractivity contribution in [2.75, 3.05) is 10.6 Å². The van der Waals surface area contributed by atoms with Gasteiger partial charge in [-0.2, -0.15) is 0 Å². The molecule has 0 spiro atoms. The summed E-state index contributed by atoms with van der Waals surface area (Å²) in [6, 6.07) is 23.7. The zero-order chi connectivity index (χ0) is 21.2. The quantitative estimate of drug-likeness (QED) is 0.473. The van der Waals surface area contributed by atoms with Gasteiger partial charge in [0.15, 0.2) is 0 Å². The number of nitrogens with one attached hydrogen (secondary N) is 2.